The van der Waals surface area contributed by atoms with E-state index in [9.17, 15) is 14.0 Å². The van der Waals surface area contributed by atoms with Crippen molar-refractivity contribution < 1.29 is 18.7 Å². The van der Waals surface area contributed by atoms with Gasteiger partial charge in [0.15, 0.2) is 0 Å². The minimum Gasteiger partial charge on any atom is -0.465 e. The van der Waals surface area contributed by atoms with Crippen molar-refractivity contribution in [2.45, 2.75) is 32.1 Å². The maximum atomic E-state index is 13.5. The Hall–Kier alpha value is -3.28. The van der Waals surface area contributed by atoms with Crippen LogP contribution in [0.5, 0.6) is 0 Å². The number of benzene rings is 2. The highest BCUT2D eigenvalue weighted by atomic mass is 19.1. The molecule has 2 heterocycles. The van der Waals surface area contributed by atoms with E-state index in [0.29, 0.717) is 30.8 Å². The number of rotatable bonds is 5. The van der Waals surface area contributed by atoms with Gasteiger partial charge in [-0.15, -0.1) is 0 Å². The van der Waals surface area contributed by atoms with Crippen LogP contribution in [0.2, 0.25) is 0 Å². The highest BCUT2D eigenvalue weighted by Gasteiger charge is 2.33. The van der Waals surface area contributed by atoms with Gasteiger partial charge >= 0.3 is 5.97 Å². The van der Waals surface area contributed by atoms with Crippen LogP contribution in [0, 0.1) is 5.82 Å². The molecule has 5 nitrogen and oxygen atoms in total. The van der Waals surface area contributed by atoms with Gasteiger partial charge in [-0.25, -0.2) is 4.39 Å². The van der Waals surface area contributed by atoms with E-state index in [1.54, 1.807) is 10.8 Å². The van der Waals surface area contributed by atoms with Crippen LogP contribution in [0.1, 0.15) is 47.3 Å². The van der Waals surface area contributed by atoms with E-state index >= 15 is 0 Å². The van der Waals surface area contributed by atoms with Crippen LogP contribution in [-0.2, 0) is 16.0 Å². The van der Waals surface area contributed by atoms with Crippen molar-refractivity contribution in [1.82, 2.24) is 4.57 Å². The number of fused-ring (bicyclic) bond motifs is 3. The first kappa shape index (κ1) is 20.0. The van der Waals surface area contributed by atoms with Gasteiger partial charge in [0.25, 0.3) is 5.91 Å². The largest absolute Gasteiger partial charge is 0.465 e. The second kappa shape index (κ2) is 8.61. The number of aliphatic imine (C=N–C) groups is 1. The Morgan fingerprint density at radius 2 is 1.93 bits per heavy atom. The summed E-state index contributed by atoms with van der Waals surface area (Å²) >= 11 is 0. The summed E-state index contributed by atoms with van der Waals surface area (Å²) in [6, 6.07) is 13.0. The van der Waals surface area contributed by atoms with Gasteiger partial charge in [-0.05, 0) is 48.7 Å². The minimum absolute atomic E-state index is 0.311. The average Bonchev–Trinajstić information content (AvgIpc) is 2.92. The van der Waals surface area contributed by atoms with Gasteiger partial charge in [-0.1, -0.05) is 31.5 Å². The van der Waals surface area contributed by atoms with E-state index in [1.165, 1.54) is 24.3 Å². The number of aromatic nitrogens is 1. The van der Waals surface area contributed by atoms with Crippen molar-refractivity contribution in [1.29, 1.82) is 0 Å². The zero-order chi connectivity index (χ0) is 21.1. The lowest BCUT2D eigenvalue weighted by Crippen LogP contribution is -2.24. The van der Waals surface area contributed by atoms with Crippen LogP contribution in [-0.4, -0.2) is 35.8 Å². The molecule has 1 aliphatic rings. The zero-order valence-electron chi connectivity index (χ0n) is 16.8. The Bertz CT molecular complexity index is 1120. The molecule has 0 aliphatic carbocycles. The Morgan fingerprint density at radius 1 is 1.17 bits per heavy atom. The molecular formula is C24H23FN2O3. The lowest BCUT2D eigenvalue weighted by molar-refractivity contribution is -0.143. The van der Waals surface area contributed by atoms with Gasteiger partial charge in [-0.2, -0.15) is 0 Å². The van der Waals surface area contributed by atoms with Gasteiger partial charge in [0.1, 0.15) is 11.7 Å². The molecule has 3 aromatic rings. The number of para-hydroxylation sites is 1. The molecule has 0 spiro atoms. The molecule has 0 radical (unpaired) electrons. The van der Waals surface area contributed by atoms with Crippen molar-refractivity contribution in [3.8, 4) is 0 Å². The molecule has 2 aromatic carbocycles. The van der Waals surface area contributed by atoms with Gasteiger partial charge in [-0.3, -0.25) is 19.1 Å². The van der Waals surface area contributed by atoms with E-state index in [2.05, 4.69) is 4.99 Å². The third-order valence-electron chi connectivity index (χ3n) is 5.35. The molecule has 30 heavy (non-hydrogen) atoms. The maximum absolute atomic E-state index is 13.5. The number of halogens is 1. The Labute approximate surface area is 174 Å². The maximum Gasteiger partial charge on any atom is 0.320 e. The second-order valence-corrected chi connectivity index (χ2v) is 7.33. The predicted molar refractivity (Wildman–Crippen MR) is 114 cm³/mol. The van der Waals surface area contributed by atoms with Crippen LogP contribution in [0.15, 0.2) is 53.5 Å². The van der Waals surface area contributed by atoms with Crippen LogP contribution in [0.25, 0.3) is 10.9 Å². The first-order chi connectivity index (χ1) is 14.6. The molecule has 0 N–H and O–H groups in total. The summed E-state index contributed by atoms with van der Waals surface area (Å²) in [5.41, 5.74) is 2.59. The Kier molecular flexibility index (Phi) is 5.74. The van der Waals surface area contributed by atoms with Gasteiger partial charge in [0.2, 0.25) is 0 Å². The fourth-order valence-electron chi connectivity index (χ4n) is 3.86. The van der Waals surface area contributed by atoms with Crippen LogP contribution in [0.4, 0.5) is 4.39 Å². The van der Waals surface area contributed by atoms with E-state index in [1.807, 2.05) is 31.2 Å². The molecular weight excluding hydrogens is 383 g/mol. The number of ether oxygens (including phenoxy) is 1. The fourth-order valence-corrected chi connectivity index (χ4v) is 3.86. The van der Waals surface area contributed by atoms with Crippen molar-refractivity contribution in [2.24, 2.45) is 4.99 Å². The average molecular weight is 406 g/mol. The zero-order valence-corrected chi connectivity index (χ0v) is 16.8. The lowest BCUT2D eigenvalue weighted by Gasteiger charge is -2.16. The number of nitrogens with zero attached hydrogens (tertiary/aromatic N) is 2. The van der Waals surface area contributed by atoms with Crippen molar-refractivity contribution in [2.75, 3.05) is 13.2 Å². The van der Waals surface area contributed by atoms with Gasteiger partial charge in [0, 0.05) is 29.4 Å². The number of hydrogen-bond acceptors (Lipinski definition) is 4. The van der Waals surface area contributed by atoms with Gasteiger partial charge < -0.3 is 4.74 Å². The molecule has 1 unspecified atom stereocenters. The molecule has 0 saturated carbocycles. The quantitative estimate of drug-likeness (QED) is 0.462. The third-order valence-corrected chi connectivity index (χ3v) is 5.35. The summed E-state index contributed by atoms with van der Waals surface area (Å²) in [4.78, 5) is 30.8. The Balaban J connectivity index is 1.88. The summed E-state index contributed by atoms with van der Waals surface area (Å²) in [5, 5.41) is 0.916. The van der Waals surface area contributed by atoms with Crippen molar-refractivity contribution in [3.05, 3.63) is 71.2 Å². The van der Waals surface area contributed by atoms with Crippen molar-refractivity contribution >= 4 is 29.0 Å². The summed E-state index contributed by atoms with van der Waals surface area (Å²) in [6.07, 6.45) is 3.91. The monoisotopic (exact) mass is 406 g/mol. The molecule has 4 rings (SSSR count). The highest BCUT2D eigenvalue weighted by Crippen LogP contribution is 2.34. The first-order valence-corrected chi connectivity index (χ1v) is 10.2. The summed E-state index contributed by atoms with van der Waals surface area (Å²) < 4.78 is 20.4. The van der Waals surface area contributed by atoms with E-state index in [0.717, 1.165) is 29.3 Å². The summed E-state index contributed by atoms with van der Waals surface area (Å²) in [6.45, 7) is 2.89. The second-order valence-electron chi connectivity index (χ2n) is 7.33. The van der Waals surface area contributed by atoms with E-state index in [-0.39, 0.29) is 5.91 Å². The number of esters is 1. The number of carbonyl (C=O) groups excluding carboxylic acids is 2. The van der Waals surface area contributed by atoms with Crippen LogP contribution >= 0.6 is 0 Å². The first-order valence-electron chi connectivity index (χ1n) is 10.2. The molecule has 154 valence electrons. The SMILES string of the molecule is CCCCOC(=O)C1C=NCCc2c1n(C(=O)c1ccc(F)cc1)c1ccccc21. The Morgan fingerprint density at radius 3 is 2.70 bits per heavy atom. The molecule has 1 aliphatic heterocycles. The lowest BCUT2D eigenvalue weighted by atomic mass is 10.00. The molecule has 0 bridgehead atoms. The third kappa shape index (κ3) is 3.65. The summed E-state index contributed by atoms with van der Waals surface area (Å²) in [7, 11) is 0. The normalized spacial score (nSPS) is 15.6. The van der Waals surface area contributed by atoms with Crippen LogP contribution in [0.3, 0.4) is 0 Å². The number of unbranched alkanes of at least 4 members (excludes halogenated alkanes) is 1. The van der Waals surface area contributed by atoms with Crippen molar-refractivity contribution in [3.63, 3.8) is 0 Å². The summed E-state index contributed by atoms with van der Waals surface area (Å²) in [5.74, 6) is -1.90. The molecule has 1 atom stereocenters. The molecule has 6 heteroatoms. The van der Waals surface area contributed by atoms with E-state index in [4.69, 9.17) is 4.74 Å². The molecule has 0 amide bonds. The number of carbonyl (C=O) groups is 2. The fraction of sp³-hybridized carbons (Fsp3) is 0.292. The minimum atomic E-state index is -0.767. The number of hydrogen-bond donors (Lipinski definition) is 0. The van der Waals surface area contributed by atoms with E-state index < -0.39 is 17.7 Å². The molecule has 0 fully saturated rings. The highest BCUT2D eigenvalue weighted by molar-refractivity contribution is 6.07. The molecule has 1 aromatic heterocycles. The molecule has 0 saturated heterocycles. The van der Waals surface area contributed by atoms with Crippen LogP contribution < -0.4 is 0 Å². The standard InChI is InChI=1S/C24H23FN2O3/c1-2-3-14-30-24(29)20-15-26-13-12-19-18-6-4-5-7-21(18)27(22(19)20)23(28)16-8-10-17(25)11-9-16/h4-11,15,20H,2-3,12-14H2,1H3. The predicted octanol–water partition coefficient (Wildman–Crippen LogP) is 4.52. The van der Waals surface area contributed by atoms with Gasteiger partial charge in [0.05, 0.1) is 12.1 Å². The topological polar surface area (TPSA) is 60.7 Å². The smallest absolute Gasteiger partial charge is 0.320 e.